The van der Waals surface area contributed by atoms with Gasteiger partial charge in [-0.3, -0.25) is 10.1 Å². The quantitative estimate of drug-likeness (QED) is 0.330. The summed E-state index contributed by atoms with van der Waals surface area (Å²) in [6.07, 6.45) is -0.923. The molecule has 0 saturated heterocycles. The summed E-state index contributed by atoms with van der Waals surface area (Å²) >= 11 is 0. The molecule has 0 saturated carbocycles. The van der Waals surface area contributed by atoms with Crippen LogP contribution in [0.25, 0.3) is 0 Å². The first-order valence-corrected chi connectivity index (χ1v) is 2.94. The Hall–Kier alpha value is -1.67. The van der Waals surface area contributed by atoms with E-state index in [1.807, 2.05) is 0 Å². The van der Waals surface area contributed by atoms with Crippen molar-refractivity contribution in [3.8, 4) is 0 Å². The summed E-state index contributed by atoms with van der Waals surface area (Å²) in [5, 5.41) is 15.8. The van der Waals surface area contributed by atoms with Crippen LogP contribution in [0.2, 0.25) is 0 Å². The van der Waals surface area contributed by atoms with Crippen LogP contribution in [0.15, 0.2) is 0 Å². The number of aliphatic carboxylic acids is 1. The minimum absolute atomic E-state index is 0.819. The minimum Gasteiger partial charge on any atom is -0.481 e. The van der Waals surface area contributed by atoms with Crippen LogP contribution in [-0.4, -0.2) is 34.9 Å². The van der Waals surface area contributed by atoms with Crippen molar-refractivity contribution < 1.29 is 39.4 Å². The topological polar surface area (TPSA) is 119 Å². The summed E-state index contributed by atoms with van der Waals surface area (Å²) in [6.45, 7) is -0.819. The molecule has 0 aliphatic heterocycles. The van der Waals surface area contributed by atoms with E-state index in [9.17, 15) is 14.4 Å². The van der Waals surface area contributed by atoms with Crippen LogP contribution in [0.1, 0.15) is 6.42 Å². The standard InChI is InChI=1S/C5H6O8/c6-3(7)1-4(8)12-13-5(9)2-11-10/h10H,1-2H2,(H,6,7). The van der Waals surface area contributed by atoms with Gasteiger partial charge < -0.3 is 5.11 Å². The van der Waals surface area contributed by atoms with Crippen molar-refractivity contribution in [3.05, 3.63) is 0 Å². The molecule has 2 N–H and O–H groups in total. The van der Waals surface area contributed by atoms with Crippen LogP contribution in [0.4, 0.5) is 0 Å². The number of carbonyl (C=O) groups is 3. The summed E-state index contributed by atoms with van der Waals surface area (Å²) < 4.78 is 0. The first kappa shape index (κ1) is 11.3. The predicted molar refractivity (Wildman–Crippen MR) is 33.0 cm³/mol. The number of carbonyl (C=O) groups excluding carboxylic acids is 2. The Balaban J connectivity index is 3.58. The molecule has 13 heavy (non-hydrogen) atoms. The van der Waals surface area contributed by atoms with Crippen molar-refractivity contribution in [2.45, 2.75) is 6.42 Å². The molecule has 8 nitrogen and oxygen atoms in total. The Morgan fingerprint density at radius 2 is 1.62 bits per heavy atom. The SMILES string of the molecule is O=C(O)CC(=O)OOC(=O)COO. The highest BCUT2D eigenvalue weighted by Crippen LogP contribution is 1.89. The van der Waals surface area contributed by atoms with Gasteiger partial charge in [0.1, 0.15) is 6.42 Å². The van der Waals surface area contributed by atoms with Crippen molar-refractivity contribution in [1.29, 1.82) is 0 Å². The van der Waals surface area contributed by atoms with E-state index in [1.54, 1.807) is 0 Å². The average Bonchev–Trinajstić information content (AvgIpc) is 2.00. The fourth-order valence-corrected chi connectivity index (χ4v) is 0.323. The number of carboxylic acid groups (broad SMARTS) is 1. The van der Waals surface area contributed by atoms with Gasteiger partial charge in [-0.2, -0.15) is 0 Å². The van der Waals surface area contributed by atoms with Crippen LogP contribution in [0.5, 0.6) is 0 Å². The Labute approximate surface area is 71.5 Å². The Bertz CT molecular complexity index is 209. The lowest BCUT2D eigenvalue weighted by Crippen LogP contribution is -2.17. The summed E-state index contributed by atoms with van der Waals surface area (Å²) in [4.78, 5) is 41.3. The van der Waals surface area contributed by atoms with Gasteiger partial charge in [0.2, 0.25) is 0 Å². The third kappa shape index (κ3) is 6.72. The first-order chi connectivity index (χ1) is 6.06. The Morgan fingerprint density at radius 1 is 1.08 bits per heavy atom. The van der Waals surface area contributed by atoms with Crippen molar-refractivity contribution in [1.82, 2.24) is 0 Å². The van der Waals surface area contributed by atoms with Gasteiger partial charge >= 0.3 is 17.9 Å². The maximum atomic E-state index is 10.4. The van der Waals surface area contributed by atoms with Gasteiger partial charge in [-0.05, 0) is 0 Å². The molecule has 0 amide bonds. The molecule has 0 aliphatic rings. The largest absolute Gasteiger partial charge is 0.481 e. The zero-order valence-electron chi connectivity index (χ0n) is 6.26. The highest BCUT2D eigenvalue weighted by molar-refractivity contribution is 5.90. The second-order valence-electron chi connectivity index (χ2n) is 1.75. The van der Waals surface area contributed by atoms with E-state index in [1.165, 1.54) is 0 Å². The van der Waals surface area contributed by atoms with Gasteiger partial charge in [-0.1, -0.05) is 0 Å². The average molecular weight is 194 g/mol. The van der Waals surface area contributed by atoms with Gasteiger partial charge in [-0.15, -0.1) is 0 Å². The second kappa shape index (κ2) is 5.91. The van der Waals surface area contributed by atoms with Gasteiger partial charge in [0, 0.05) is 0 Å². The van der Waals surface area contributed by atoms with Crippen LogP contribution in [0.3, 0.4) is 0 Å². The molecule has 74 valence electrons. The molecule has 0 aliphatic carbocycles. The molecule has 0 heterocycles. The van der Waals surface area contributed by atoms with Crippen molar-refractivity contribution in [2.75, 3.05) is 6.61 Å². The summed E-state index contributed by atoms with van der Waals surface area (Å²) in [5.74, 6) is -3.82. The maximum absolute atomic E-state index is 10.4. The van der Waals surface area contributed by atoms with Gasteiger partial charge in [0.25, 0.3) is 0 Å². The first-order valence-electron chi connectivity index (χ1n) is 2.94. The minimum atomic E-state index is -1.42. The lowest BCUT2D eigenvalue weighted by atomic mass is 10.5. The summed E-state index contributed by atoms with van der Waals surface area (Å²) in [7, 11) is 0. The number of hydrogen-bond donors (Lipinski definition) is 2. The molecular weight excluding hydrogens is 188 g/mol. The summed E-state index contributed by atoms with van der Waals surface area (Å²) in [5.41, 5.74) is 0. The van der Waals surface area contributed by atoms with Crippen LogP contribution in [-0.2, 0) is 29.0 Å². The molecule has 0 rings (SSSR count). The van der Waals surface area contributed by atoms with E-state index in [4.69, 9.17) is 10.4 Å². The molecule has 0 aromatic rings. The van der Waals surface area contributed by atoms with E-state index in [2.05, 4.69) is 14.7 Å². The van der Waals surface area contributed by atoms with Crippen molar-refractivity contribution in [3.63, 3.8) is 0 Å². The normalized spacial score (nSPS) is 9.00. The molecule has 8 heteroatoms. The number of carboxylic acids is 1. The second-order valence-corrected chi connectivity index (χ2v) is 1.75. The number of rotatable bonds is 4. The van der Waals surface area contributed by atoms with E-state index >= 15 is 0 Å². The molecule has 0 atom stereocenters. The van der Waals surface area contributed by atoms with E-state index in [0.29, 0.717) is 0 Å². The highest BCUT2D eigenvalue weighted by Gasteiger charge is 2.13. The third-order valence-electron chi connectivity index (χ3n) is 0.706. The van der Waals surface area contributed by atoms with Gasteiger partial charge in [0.15, 0.2) is 6.61 Å². The number of hydrogen-bond acceptors (Lipinski definition) is 7. The molecule has 0 fully saturated rings. The smallest absolute Gasteiger partial charge is 0.384 e. The van der Waals surface area contributed by atoms with Gasteiger partial charge in [0.05, 0.1) is 0 Å². The molecule has 0 aromatic heterocycles. The fourth-order valence-electron chi connectivity index (χ4n) is 0.323. The maximum Gasteiger partial charge on any atom is 0.384 e. The Morgan fingerprint density at radius 3 is 2.08 bits per heavy atom. The van der Waals surface area contributed by atoms with Crippen LogP contribution in [0, 0.1) is 0 Å². The summed E-state index contributed by atoms with van der Waals surface area (Å²) in [6, 6.07) is 0. The third-order valence-corrected chi connectivity index (χ3v) is 0.706. The van der Waals surface area contributed by atoms with Crippen molar-refractivity contribution >= 4 is 17.9 Å². The molecular formula is C5H6O8. The van der Waals surface area contributed by atoms with Crippen LogP contribution >= 0.6 is 0 Å². The molecule has 0 aromatic carbocycles. The molecule has 0 bridgehead atoms. The van der Waals surface area contributed by atoms with E-state index < -0.39 is 30.9 Å². The zero-order chi connectivity index (χ0) is 10.3. The van der Waals surface area contributed by atoms with Crippen LogP contribution < -0.4 is 0 Å². The zero-order valence-corrected chi connectivity index (χ0v) is 6.26. The lowest BCUT2D eigenvalue weighted by Gasteiger charge is -1.99. The van der Waals surface area contributed by atoms with E-state index in [0.717, 1.165) is 0 Å². The Kier molecular flexibility index (Phi) is 5.15. The monoisotopic (exact) mass is 194 g/mol. The van der Waals surface area contributed by atoms with Crippen molar-refractivity contribution in [2.24, 2.45) is 0 Å². The van der Waals surface area contributed by atoms with Gasteiger partial charge in [-0.25, -0.2) is 24.3 Å². The van der Waals surface area contributed by atoms with E-state index in [-0.39, 0.29) is 0 Å². The molecule has 0 radical (unpaired) electrons. The molecule has 0 unspecified atom stereocenters. The predicted octanol–water partition coefficient (Wildman–Crippen LogP) is -1.05. The highest BCUT2D eigenvalue weighted by atomic mass is 17.2. The molecule has 0 spiro atoms. The fraction of sp³-hybridized carbons (Fsp3) is 0.400. The lowest BCUT2D eigenvalue weighted by molar-refractivity contribution is -0.284.